The van der Waals surface area contributed by atoms with Crippen molar-refractivity contribution < 1.29 is 19.1 Å². The summed E-state index contributed by atoms with van der Waals surface area (Å²) >= 11 is 3.60. The zero-order chi connectivity index (χ0) is 15.2. The fraction of sp³-hybridized carbons (Fsp3) is 0.857. The van der Waals surface area contributed by atoms with Crippen LogP contribution in [0.4, 0.5) is 4.79 Å². The van der Waals surface area contributed by atoms with Gasteiger partial charge in [-0.3, -0.25) is 4.79 Å². The smallest absolute Gasteiger partial charge is 0.410 e. The van der Waals surface area contributed by atoms with Crippen LogP contribution >= 0.6 is 15.9 Å². The van der Waals surface area contributed by atoms with Crippen molar-refractivity contribution in [3.05, 3.63) is 0 Å². The molecule has 2 rings (SSSR count). The van der Waals surface area contributed by atoms with Gasteiger partial charge in [0.1, 0.15) is 11.7 Å². The Morgan fingerprint density at radius 2 is 2.05 bits per heavy atom. The number of ether oxygens (including phenoxy) is 2. The number of alkyl halides is 1. The van der Waals surface area contributed by atoms with Gasteiger partial charge in [0.05, 0.1) is 16.8 Å². The normalized spacial score (nSPS) is 36.5. The number of rotatable bonds is 1. The lowest BCUT2D eigenvalue weighted by Crippen LogP contribution is -2.54. The number of carbonyl (C=O) groups is 2. The molecule has 1 aliphatic heterocycles. The maximum absolute atomic E-state index is 12.2. The van der Waals surface area contributed by atoms with Gasteiger partial charge in [0.15, 0.2) is 0 Å². The second-order valence-corrected chi connectivity index (χ2v) is 7.80. The first kappa shape index (κ1) is 15.6. The van der Waals surface area contributed by atoms with Crippen LogP contribution in [0.25, 0.3) is 0 Å². The maximum atomic E-state index is 12.2. The molecule has 5 nitrogen and oxygen atoms in total. The Hall–Kier alpha value is -0.780. The number of hydrogen-bond acceptors (Lipinski definition) is 4. The van der Waals surface area contributed by atoms with Crippen LogP contribution in [0.15, 0.2) is 0 Å². The largest absolute Gasteiger partial charge is 0.459 e. The van der Waals surface area contributed by atoms with Gasteiger partial charge in [0, 0.05) is 7.05 Å². The van der Waals surface area contributed by atoms with E-state index in [1.807, 2.05) is 20.8 Å². The highest BCUT2D eigenvalue weighted by Crippen LogP contribution is 2.43. The number of likely N-dealkylation sites (N-methyl/N-ethyl adjacent to an activating group) is 1. The Labute approximate surface area is 128 Å². The summed E-state index contributed by atoms with van der Waals surface area (Å²) in [5.74, 6) is -0.106. The van der Waals surface area contributed by atoms with Crippen molar-refractivity contribution in [1.82, 2.24) is 4.90 Å². The van der Waals surface area contributed by atoms with Gasteiger partial charge < -0.3 is 14.4 Å². The highest BCUT2D eigenvalue weighted by atomic mass is 79.9. The molecule has 0 radical (unpaired) electrons. The summed E-state index contributed by atoms with van der Waals surface area (Å²) in [6, 6.07) is -0.252. The monoisotopic (exact) mass is 347 g/mol. The Kier molecular flexibility index (Phi) is 4.06. The van der Waals surface area contributed by atoms with E-state index in [0.717, 1.165) is 6.42 Å². The van der Waals surface area contributed by atoms with E-state index in [4.69, 9.17) is 9.47 Å². The summed E-state index contributed by atoms with van der Waals surface area (Å²) in [6.07, 6.45) is 0.0158. The van der Waals surface area contributed by atoms with Crippen LogP contribution in [-0.4, -0.2) is 46.6 Å². The van der Waals surface area contributed by atoms with Crippen molar-refractivity contribution in [2.75, 3.05) is 7.05 Å². The fourth-order valence-corrected chi connectivity index (χ4v) is 3.59. The van der Waals surface area contributed by atoms with E-state index in [2.05, 4.69) is 22.9 Å². The topological polar surface area (TPSA) is 55.8 Å². The SMILES string of the molecule is CC1CC2C(=O)OC(C1Br)C2N(C)C(=O)OC(C)(C)C. The summed E-state index contributed by atoms with van der Waals surface area (Å²) in [5, 5.41) is 0. The number of nitrogens with zero attached hydrogens (tertiary/aromatic N) is 1. The summed E-state index contributed by atoms with van der Waals surface area (Å²) < 4.78 is 10.8. The minimum atomic E-state index is -0.551. The van der Waals surface area contributed by atoms with Crippen LogP contribution < -0.4 is 0 Å². The average Bonchev–Trinajstić information content (AvgIpc) is 2.57. The molecule has 1 saturated carbocycles. The lowest BCUT2D eigenvalue weighted by Gasteiger charge is -2.39. The molecular weight excluding hydrogens is 326 g/mol. The van der Waals surface area contributed by atoms with Crippen LogP contribution in [0.1, 0.15) is 34.1 Å². The molecular formula is C14H22BrNO4. The Morgan fingerprint density at radius 3 is 2.60 bits per heavy atom. The first-order chi connectivity index (χ1) is 9.11. The summed E-state index contributed by atoms with van der Waals surface area (Å²) in [5.41, 5.74) is -0.551. The molecule has 0 aromatic heterocycles. The van der Waals surface area contributed by atoms with Crippen LogP contribution in [-0.2, 0) is 14.3 Å². The molecule has 20 heavy (non-hydrogen) atoms. The molecule has 5 unspecified atom stereocenters. The zero-order valence-electron chi connectivity index (χ0n) is 12.6. The summed E-state index contributed by atoms with van der Waals surface area (Å²) in [4.78, 5) is 25.7. The van der Waals surface area contributed by atoms with Crippen LogP contribution in [0.3, 0.4) is 0 Å². The second kappa shape index (κ2) is 5.20. The van der Waals surface area contributed by atoms with Gasteiger partial charge in [0.25, 0.3) is 0 Å². The predicted molar refractivity (Wildman–Crippen MR) is 77.7 cm³/mol. The second-order valence-electron chi connectivity index (χ2n) is 6.75. The van der Waals surface area contributed by atoms with Gasteiger partial charge in [0.2, 0.25) is 0 Å². The van der Waals surface area contributed by atoms with E-state index in [1.54, 1.807) is 7.05 Å². The van der Waals surface area contributed by atoms with Crippen molar-refractivity contribution in [3.63, 3.8) is 0 Å². The van der Waals surface area contributed by atoms with Gasteiger partial charge in [-0.15, -0.1) is 0 Å². The molecule has 1 saturated heterocycles. The predicted octanol–water partition coefficient (Wildman–Crippen LogP) is 2.57. The Balaban J connectivity index is 2.16. The van der Waals surface area contributed by atoms with Gasteiger partial charge in [-0.25, -0.2) is 4.79 Å². The first-order valence-electron chi connectivity index (χ1n) is 6.92. The van der Waals surface area contributed by atoms with Crippen molar-refractivity contribution in [2.24, 2.45) is 11.8 Å². The van der Waals surface area contributed by atoms with Gasteiger partial charge in [-0.05, 0) is 33.1 Å². The fourth-order valence-electron chi connectivity index (χ4n) is 2.95. The summed E-state index contributed by atoms with van der Waals surface area (Å²) in [7, 11) is 1.68. The zero-order valence-corrected chi connectivity index (χ0v) is 14.1. The third-order valence-corrected chi connectivity index (χ3v) is 5.34. The van der Waals surface area contributed by atoms with Gasteiger partial charge in [-0.1, -0.05) is 22.9 Å². The van der Waals surface area contributed by atoms with E-state index in [-0.39, 0.29) is 28.9 Å². The van der Waals surface area contributed by atoms with Crippen molar-refractivity contribution in [3.8, 4) is 0 Å². The van der Waals surface area contributed by atoms with E-state index < -0.39 is 11.7 Å². The lowest BCUT2D eigenvalue weighted by atomic mass is 9.78. The number of esters is 1. The van der Waals surface area contributed by atoms with E-state index in [0.29, 0.717) is 5.92 Å². The average molecular weight is 348 g/mol. The first-order valence-corrected chi connectivity index (χ1v) is 7.84. The third kappa shape index (κ3) is 2.80. The molecule has 1 aliphatic carbocycles. The van der Waals surface area contributed by atoms with E-state index >= 15 is 0 Å². The van der Waals surface area contributed by atoms with Crippen LogP contribution in [0, 0.1) is 11.8 Å². The quantitative estimate of drug-likeness (QED) is 0.540. The number of carbonyl (C=O) groups excluding carboxylic acids is 2. The molecule has 1 amide bonds. The van der Waals surface area contributed by atoms with Crippen LogP contribution in [0.2, 0.25) is 0 Å². The molecule has 2 bridgehead atoms. The lowest BCUT2D eigenvalue weighted by molar-refractivity contribution is -0.143. The minimum Gasteiger partial charge on any atom is -0.459 e. The highest BCUT2D eigenvalue weighted by Gasteiger charge is 2.56. The number of fused-ring (bicyclic) bond motifs is 2. The van der Waals surface area contributed by atoms with Gasteiger partial charge in [-0.2, -0.15) is 0 Å². The van der Waals surface area contributed by atoms with Crippen molar-refractivity contribution >= 4 is 28.0 Å². The molecule has 114 valence electrons. The van der Waals surface area contributed by atoms with Crippen molar-refractivity contribution in [2.45, 2.75) is 56.7 Å². The minimum absolute atomic E-state index is 0.0695. The third-order valence-electron chi connectivity index (χ3n) is 3.92. The number of hydrogen-bond donors (Lipinski definition) is 0. The Bertz CT molecular complexity index is 420. The van der Waals surface area contributed by atoms with E-state index in [1.165, 1.54) is 4.90 Å². The molecule has 2 aliphatic rings. The highest BCUT2D eigenvalue weighted by molar-refractivity contribution is 9.09. The molecule has 0 spiro atoms. The standard InChI is InChI=1S/C14H22BrNO4/c1-7-6-8-10(11(9(7)15)19-12(8)17)16(5)13(18)20-14(2,3)4/h7-11H,6H2,1-5H3. The summed E-state index contributed by atoms with van der Waals surface area (Å²) in [6.45, 7) is 7.56. The maximum Gasteiger partial charge on any atom is 0.410 e. The van der Waals surface area contributed by atoms with E-state index in [9.17, 15) is 9.59 Å². The van der Waals surface area contributed by atoms with Crippen LogP contribution in [0.5, 0.6) is 0 Å². The van der Waals surface area contributed by atoms with Crippen molar-refractivity contribution in [1.29, 1.82) is 0 Å². The molecule has 2 fully saturated rings. The van der Waals surface area contributed by atoms with Gasteiger partial charge >= 0.3 is 12.1 Å². The Morgan fingerprint density at radius 1 is 1.45 bits per heavy atom. The molecule has 5 atom stereocenters. The molecule has 1 heterocycles. The number of halogens is 1. The molecule has 6 heteroatoms. The molecule has 0 aromatic carbocycles. The molecule has 0 aromatic rings. The number of amides is 1. The molecule has 0 N–H and O–H groups in total.